The predicted molar refractivity (Wildman–Crippen MR) is 99.3 cm³/mol. The van der Waals surface area contributed by atoms with Gasteiger partial charge in [-0.25, -0.2) is 9.37 Å². The van der Waals surface area contributed by atoms with Crippen LogP contribution in [0.3, 0.4) is 0 Å². The van der Waals surface area contributed by atoms with Crippen LogP contribution in [0.15, 0.2) is 40.9 Å². The van der Waals surface area contributed by atoms with Crippen LogP contribution in [0.25, 0.3) is 11.0 Å². The van der Waals surface area contributed by atoms with Gasteiger partial charge in [0.15, 0.2) is 5.76 Å². The van der Waals surface area contributed by atoms with E-state index in [1.807, 2.05) is 12.1 Å². The maximum absolute atomic E-state index is 13.4. The number of carbonyl (C=O) groups excluding carboxylic acids is 1. The number of ether oxygens (including phenoxy) is 1. The molecule has 1 aromatic carbocycles. The Hall–Kier alpha value is -2.93. The van der Waals surface area contributed by atoms with Crippen molar-refractivity contribution in [3.8, 4) is 0 Å². The molecule has 1 amide bonds. The Labute approximate surface area is 155 Å². The smallest absolute Gasteiger partial charge is 0.287 e. The van der Waals surface area contributed by atoms with Gasteiger partial charge in [-0.05, 0) is 36.8 Å². The first kappa shape index (κ1) is 17.5. The normalized spacial score (nSPS) is 14.5. The molecule has 1 fully saturated rings. The first-order chi connectivity index (χ1) is 13.1. The average molecular weight is 369 g/mol. The number of aromatic nitrogens is 1. The van der Waals surface area contributed by atoms with E-state index < -0.39 is 0 Å². The summed E-state index contributed by atoms with van der Waals surface area (Å²) in [4.78, 5) is 19.1. The van der Waals surface area contributed by atoms with E-state index in [0.29, 0.717) is 36.3 Å². The Balaban J connectivity index is 1.42. The third-order valence-electron chi connectivity index (χ3n) is 4.70. The first-order valence-electron chi connectivity index (χ1n) is 8.86. The van der Waals surface area contributed by atoms with Gasteiger partial charge in [0.2, 0.25) is 0 Å². The molecule has 3 heterocycles. The van der Waals surface area contributed by atoms with Crippen molar-refractivity contribution in [3.05, 3.63) is 59.2 Å². The number of morpholine rings is 1. The van der Waals surface area contributed by atoms with Gasteiger partial charge in [0.05, 0.1) is 13.2 Å². The van der Waals surface area contributed by atoms with Crippen molar-refractivity contribution in [1.82, 2.24) is 10.3 Å². The highest BCUT2D eigenvalue weighted by atomic mass is 19.1. The second kappa shape index (κ2) is 7.36. The largest absolute Gasteiger partial charge is 0.451 e. The molecule has 7 heteroatoms. The number of hydrogen-bond donors (Lipinski definition) is 1. The van der Waals surface area contributed by atoms with Gasteiger partial charge in [0.1, 0.15) is 17.2 Å². The number of nitrogens with one attached hydrogen (secondary N) is 1. The number of halogens is 1. The third-order valence-corrected chi connectivity index (χ3v) is 4.70. The van der Waals surface area contributed by atoms with Crippen LogP contribution in [0.4, 0.5) is 10.2 Å². The molecule has 2 aromatic heterocycles. The summed E-state index contributed by atoms with van der Waals surface area (Å²) in [5, 5.41) is 3.44. The second-order valence-electron chi connectivity index (χ2n) is 6.50. The summed E-state index contributed by atoms with van der Waals surface area (Å²) in [5.41, 5.74) is 2.01. The van der Waals surface area contributed by atoms with E-state index in [1.54, 1.807) is 13.1 Å². The quantitative estimate of drug-likeness (QED) is 0.766. The summed E-state index contributed by atoms with van der Waals surface area (Å²) in [5.74, 6) is 0.420. The van der Waals surface area contributed by atoms with Crippen LogP contribution in [0.5, 0.6) is 0 Å². The number of rotatable bonds is 4. The molecule has 1 aliphatic heterocycles. The fourth-order valence-corrected chi connectivity index (χ4v) is 3.17. The molecule has 1 aliphatic rings. The van der Waals surface area contributed by atoms with Gasteiger partial charge in [-0.3, -0.25) is 4.79 Å². The summed E-state index contributed by atoms with van der Waals surface area (Å²) in [6.07, 6.45) is 1.76. The number of aryl methyl sites for hydroxylation is 1. The molecule has 0 spiro atoms. The highest BCUT2D eigenvalue weighted by Gasteiger charge is 2.18. The fraction of sp³-hybridized carbons (Fsp3) is 0.300. The minimum absolute atomic E-state index is 0.202. The molecule has 4 rings (SSSR count). The summed E-state index contributed by atoms with van der Waals surface area (Å²) in [6, 6.07) is 8.11. The molecule has 0 radical (unpaired) electrons. The van der Waals surface area contributed by atoms with Gasteiger partial charge in [0.25, 0.3) is 5.91 Å². The Morgan fingerprint density at radius 3 is 2.81 bits per heavy atom. The number of hydrogen-bond acceptors (Lipinski definition) is 5. The monoisotopic (exact) mass is 369 g/mol. The molecule has 0 bridgehead atoms. The molecule has 3 aromatic rings. The van der Waals surface area contributed by atoms with Gasteiger partial charge >= 0.3 is 0 Å². The van der Waals surface area contributed by atoms with Crippen molar-refractivity contribution in [3.63, 3.8) is 0 Å². The summed E-state index contributed by atoms with van der Waals surface area (Å²) in [6.45, 7) is 5.16. The lowest BCUT2D eigenvalue weighted by molar-refractivity contribution is 0.0924. The molecular formula is C20H20FN3O3. The number of carbonyl (C=O) groups is 1. The van der Waals surface area contributed by atoms with Crippen LogP contribution in [0, 0.1) is 12.7 Å². The molecule has 0 aliphatic carbocycles. The van der Waals surface area contributed by atoms with Crippen LogP contribution >= 0.6 is 0 Å². The topological polar surface area (TPSA) is 67.6 Å². The molecular weight excluding hydrogens is 349 g/mol. The number of fused-ring (bicyclic) bond motifs is 1. The lowest BCUT2D eigenvalue weighted by atomic mass is 10.1. The zero-order chi connectivity index (χ0) is 18.8. The zero-order valence-corrected chi connectivity index (χ0v) is 15.0. The number of amides is 1. The van der Waals surface area contributed by atoms with Crippen molar-refractivity contribution in [2.45, 2.75) is 13.5 Å². The van der Waals surface area contributed by atoms with Gasteiger partial charge in [-0.2, -0.15) is 0 Å². The molecule has 0 atom stereocenters. The number of furan rings is 1. The van der Waals surface area contributed by atoms with E-state index >= 15 is 0 Å². The van der Waals surface area contributed by atoms with E-state index in [-0.39, 0.29) is 17.5 Å². The SMILES string of the molecule is Cc1c(C(=O)NCc2ccc(N3CCOCC3)nc2)oc2ccc(F)cc12. The molecule has 140 valence electrons. The molecule has 27 heavy (non-hydrogen) atoms. The Kier molecular flexibility index (Phi) is 4.77. The summed E-state index contributed by atoms with van der Waals surface area (Å²) < 4.78 is 24.3. The van der Waals surface area contributed by atoms with E-state index in [9.17, 15) is 9.18 Å². The third kappa shape index (κ3) is 3.64. The minimum Gasteiger partial charge on any atom is -0.451 e. The van der Waals surface area contributed by atoms with Gasteiger partial charge in [-0.15, -0.1) is 0 Å². The van der Waals surface area contributed by atoms with E-state index in [1.165, 1.54) is 18.2 Å². The number of pyridine rings is 1. The van der Waals surface area contributed by atoms with Crippen LogP contribution in [0.1, 0.15) is 21.7 Å². The highest BCUT2D eigenvalue weighted by Crippen LogP contribution is 2.26. The predicted octanol–water partition coefficient (Wildman–Crippen LogP) is 3.04. The lowest BCUT2D eigenvalue weighted by Crippen LogP contribution is -2.36. The lowest BCUT2D eigenvalue weighted by Gasteiger charge is -2.27. The van der Waals surface area contributed by atoms with Crippen LogP contribution < -0.4 is 10.2 Å². The van der Waals surface area contributed by atoms with Crippen molar-refractivity contribution in [2.24, 2.45) is 0 Å². The van der Waals surface area contributed by atoms with Crippen LogP contribution in [0.2, 0.25) is 0 Å². The summed E-state index contributed by atoms with van der Waals surface area (Å²) >= 11 is 0. The number of anilines is 1. The van der Waals surface area contributed by atoms with Crippen LogP contribution in [-0.2, 0) is 11.3 Å². The Morgan fingerprint density at radius 2 is 2.07 bits per heavy atom. The second-order valence-corrected chi connectivity index (χ2v) is 6.50. The van der Waals surface area contributed by atoms with E-state index in [2.05, 4.69) is 15.2 Å². The van der Waals surface area contributed by atoms with Crippen molar-refractivity contribution >= 4 is 22.7 Å². The minimum atomic E-state index is -0.357. The summed E-state index contributed by atoms with van der Waals surface area (Å²) in [7, 11) is 0. The average Bonchev–Trinajstić information content (AvgIpc) is 3.03. The first-order valence-corrected chi connectivity index (χ1v) is 8.86. The van der Waals surface area contributed by atoms with E-state index in [0.717, 1.165) is 24.5 Å². The molecule has 1 N–H and O–H groups in total. The van der Waals surface area contributed by atoms with Crippen LogP contribution in [-0.4, -0.2) is 37.2 Å². The maximum Gasteiger partial charge on any atom is 0.287 e. The Bertz CT molecular complexity index is 963. The van der Waals surface area contributed by atoms with Gasteiger partial charge in [-0.1, -0.05) is 6.07 Å². The van der Waals surface area contributed by atoms with Crippen molar-refractivity contribution in [1.29, 1.82) is 0 Å². The zero-order valence-electron chi connectivity index (χ0n) is 15.0. The maximum atomic E-state index is 13.4. The molecule has 0 unspecified atom stereocenters. The molecule has 1 saturated heterocycles. The fourth-order valence-electron chi connectivity index (χ4n) is 3.17. The van der Waals surface area contributed by atoms with Crippen molar-refractivity contribution in [2.75, 3.05) is 31.2 Å². The molecule has 0 saturated carbocycles. The van der Waals surface area contributed by atoms with Gasteiger partial charge < -0.3 is 19.4 Å². The van der Waals surface area contributed by atoms with E-state index in [4.69, 9.17) is 9.15 Å². The number of benzene rings is 1. The Morgan fingerprint density at radius 1 is 1.26 bits per heavy atom. The standard InChI is InChI=1S/C20H20FN3O3/c1-13-16-10-15(21)3-4-17(16)27-19(13)20(25)23-12-14-2-5-18(22-11-14)24-6-8-26-9-7-24/h2-5,10-11H,6-9,12H2,1H3,(H,23,25). The van der Waals surface area contributed by atoms with Gasteiger partial charge in [0, 0.05) is 36.8 Å². The molecule has 6 nitrogen and oxygen atoms in total. The highest BCUT2D eigenvalue weighted by molar-refractivity contribution is 5.98. The van der Waals surface area contributed by atoms with Crippen molar-refractivity contribution < 1.29 is 18.3 Å². The number of nitrogens with zero attached hydrogens (tertiary/aromatic N) is 2.